The molecule has 0 fully saturated rings. The fourth-order valence-electron chi connectivity index (χ4n) is 1.83. The Kier molecular flexibility index (Phi) is 4.33. The zero-order valence-electron chi connectivity index (χ0n) is 10.3. The fraction of sp³-hybridized carbons (Fsp3) is 0.125. The number of halogens is 1. The number of Topliss-reactive ketones (excluding diaryl/α,β-unsaturated/α-hetero) is 1. The van der Waals surface area contributed by atoms with Crippen molar-refractivity contribution in [1.29, 1.82) is 5.26 Å². The molecule has 2 aromatic carbocycles. The van der Waals surface area contributed by atoms with Crippen LogP contribution in [0.4, 0.5) is 0 Å². The van der Waals surface area contributed by atoms with E-state index in [9.17, 15) is 4.79 Å². The smallest absolute Gasteiger partial charge is 0.163 e. The average Bonchev–Trinajstić information content (AvgIpc) is 2.45. The van der Waals surface area contributed by atoms with Crippen LogP contribution in [0.2, 0.25) is 5.02 Å². The molecule has 0 bridgehead atoms. The Labute approximate surface area is 117 Å². The molecule has 0 aliphatic rings. The molecule has 0 amide bonds. The maximum Gasteiger partial charge on any atom is 0.163 e. The van der Waals surface area contributed by atoms with Gasteiger partial charge in [-0.15, -0.1) is 0 Å². The highest BCUT2D eigenvalue weighted by Crippen LogP contribution is 2.14. The van der Waals surface area contributed by atoms with E-state index >= 15 is 0 Å². The Bertz CT molecular complexity index is 626. The molecule has 3 heteroatoms. The minimum Gasteiger partial charge on any atom is -0.294 e. The number of ketones is 1. The van der Waals surface area contributed by atoms with Gasteiger partial charge in [0.15, 0.2) is 5.78 Å². The van der Waals surface area contributed by atoms with Gasteiger partial charge in [0, 0.05) is 17.0 Å². The van der Waals surface area contributed by atoms with Gasteiger partial charge in [0.05, 0.1) is 11.6 Å². The fourth-order valence-corrected chi connectivity index (χ4v) is 2.04. The predicted molar refractivity (Wildman–Crippen MR) is 75.3 cm³/mol. The zero-order valence-corrected chi connectivity index (χ0v) is 11.0. The number of nitrogens with zero attached hydrogens (tertiary/aromatic N) is 1. The summed E-state index contributed by atoms with van der Waals surface area (Å²) in [6, 6.07) is 16.3. The topological polar surface area (TPSA) is 40.9 Å². The van der Waals surface area contributed by atoms with Crippen LogP contribution in [0.5, 0.6) is 0 Å². The molecular formula is C16H12ClNO. The van der Waals surface area contributed by atoms with Gasteiger partial charge in [-0.2, -0.15) is 5.26 Å². The first kappa shape index (κ1) is 13.3. The van der Waals surface area contributed by atoms with Gasteiger partial charge in [-0.1, -0.05) is 35.9 Å². The minimum absolute atomic E-state index is 0.0736. The van der Waals surface area contributed by atoms with Crippen molar-refractivity contribution < 1.29 is 4.79 Å². The molecule has 0 aliphatic heterocycles. The van der Waals surface area contributed by atoms with E-state index in [-0.39, 0.29) is 5.78 Å². The highest BCUT2D eigenvalue weighted by atomic mass is 35.5. The quantitative estimate of drug-likeness (QED) is 0.787. The number of hydrogen-bond acceptors (Lipinski definition) is 2. The molecule has 0 N–H and O–H groups in total. The van der Waals surface area contributed by atoms with Crippen molar-refractivity contribution >= 4 is 17.4 Å². The predicted octanol–water partition coefficient (Wildman–Crippen LogP) is 4.03. The zero-order chi connectivity index (χ0) is 13.7. The Morgan fingerprint density at radius 3 is 2.53 bits per heavy atom. The Morgan fingerprint density at radius 2 is 1.89 bits per heavy atom. The summed E-state index contributed by atoms with van der Waals surface area (Å²) in [5, 5.41) is 9.38. The lowest BCUT2D eigenvalue weighted by Gasteiger charge is -2.02. The largest absolute Gasteiger partial charge is 0.294 e. The van der Waals surface area contributed by atoms with Crippen LogP contribution in [0.1, 0.15) is 27.9 Å². The standard InChI is InChI=1S/C16H12ClNO/c17-15-3-1-2-12(10-15)6-9-16(19)14-7-4-13(11-18)5-8-14/h1-5,7-8,10H,6,9H2. The summed E-state index contributed by atoms with van der Waals surface area (Å²) in [4.78, 5) is 12.0. The van der Waals surface area contributed by atoms with Gasteiger partial charge < -0.3 is 0 Å². The van der Waals surface area contributed by atoms with Crippen molar-refractivity contribution in [2.45, 2.75) is 12.8 Å². The number of rotatable bonds is 4. The van der Waals surface area contributed by atoms with E-state index in [1.807, 2.05) is 30.3 Å². The lowest BCUT2D eigenvalue weighted by molar-refractivity contribution is 0.0983. The molecule has 0 spiro atoms. The van der Waals surface area contributed by atoms with Gasteiger partial charge in [-0.3, -0.25) is 4.79 Å². The molecule has 0 saturated heterocycles. The van der Waals surface area contributed by atoms with E-state index in [0.29, 0.717) is 29.0 Å². The van der Waals surface area contributed by atoms with Crippen LogP contribution < -0.4 is 0 Å². The summed E-state index contributed by atoms with van der Waals surface area (Å²) in [7, 11) is 0. The Morgan fingerprint density at radius 1 is 1.16 bits per heavy atom. The molecule has 0 saturated carbocycles. The highest BCUT2D eigenvalue weighted by molar-refractivity contribution is 6.30. The number of carbonyl (C=O) groups is 1. The Hall–Kier alpha value is -2.11. The number of benzene rings is 2. The van der Waals surface area contributed by atoms with E-state index in [4.69, 9.17) is 16.9 Å². The van der Waals surface area contributed by atoms with Crippen LogP contribution in [-0.4, -0.2) is 5.78 Å². The molecule has 0 aliphatic carbocycles. The van der Waals surface area contributed by atoms with Crippen molar-refractivity contribution in [3.63, 3.8) is 0 Å². The molecular weight excluding hydrogens is 258 g/mol. The van der Waals surface area contributed by atoms with Gasteiger partial charge in [-0.05, 0) is 36.2 Å². The van der Waals surface area contributed by atoms with Crippen LogP contribution in [-0.2, 0) is 6.42 Å². The van der Waals surface area contributed by atoms with Crippen LogP contribution >= 0.6 is 11.6 Å². The van der Waals surface area contributed by atoms with Crippen LogP contribution in [0.15, 0.2) is 48.5 Å². The Balaban J connectivity index is 1.99. The van der Waals surface area contributed by atoms with E-state index in [1.54, 1.807) is 24.3 Å². The first-order chi connectivity index (χ1) is 9.19. The van der Waals surface area contributed by atoms with Crippen molar-refractivity contribution in [2.24, 2.45) is 0 Å². The molecule has 0 unspecified atom stereocenters. The third kappa shape index (κ3) is 3.67. The second-order valence-electron chi connectivity index (χ2n) is 4.24. The molecule has 2 rings (SSSR count). The number of nitriles is 1. The molecule has 0 aromatic heterocycles. The van der Waals surface area contributed by atoms with Crippen molar-refractivity contribution in [3.05, 3.63) is 70.2 Å². The molecule has 0 heterocycles. The summed E-state index contributed by atoms with van der Waals surface area (Å²) >= 11 is 5.90. The minimum atomic E-state index is 0.0736. The third-order valence-corrected chi connectivity index (χ3v) is 3.10. The van der Waals surface area contributed by atoms with Crippen molar-refractivity contribution in [3.8, 4) is 6.07 Å². The van der Waals surface area contributed by atoms with Crippen LogP contribution in [0.3, 0.4) is 0 Å². The number of carbonyl (C=O) groups excluding carboxylic acids is 1. The van der Waals surface area contributed by atoms with E-state index in [2.05, 4.69) is 0 Å². The molecule has 94 valence electrons. The second kappa shape index (κ2) is 6.17. The van der Waals surface area contributed by atoms with Crippen molar-refractivity contribution in [1.82, 2.24) is 0 Å². The summed E-state index contributed by atoms with van der Waals surface area (Å²) < 4.78 is 0. The molecule has 19 heavy (non-hydrogen) atoms. The summed E-state index contributed by atoms with van der Waals surface area (Å²) in [6.45, 7) is 0. The second-order valence-corrected chi connectivity index (χ2v) is 4.68. The SMILES string of the molecule is N#Cc1ccc(C(=O)CCc2cccc(Cl)c2)cc1. The molecule has 0 radical (unpaired) electrons. The lowest BCUT2D eigenvalue weighted by atomic mass is 10.0. The first-order valence-electron chi connectivity index (χ1n) is 5.97. The monoisotopic (exact) mass is 269 g/mol. The first-order valence-corrected chi connectivity index (χ1v) is 6.34. The summed E-state index contributed by atoms with van der Waals surface area (Å²) in [5.41, 5.74) is 2.25. The van der Waals surface area contributed by atoms with Gasteiger partial charge in [0.25, 0.3) is 0 Å². The van der Waals surface area contributed by atoms with Gasteiger partial charge in [-0.25, -0.2) is 0 Å². The van der Waals surface area contributed by atoms with Crippen LogP contribution in [0.25, 0.3) is 0 Å². The van der Waals surface area contributed by atoms with Crippen LogP contribution in [0, 0.1) is 11.3 Å². The van der Waals surface area contributed by atoms with Gasteiger partial charge in [0.2, 0.25) is 0 Å². The van der Waals surface area contributed by atoms with E-state index in [0.717, 1.165) is 5.56 Å². The van der Waals surface area contributed by atoms with Gasteiger partial charge in [0.1, 0.15) is 0 Å². The highest BCUT2D eigenvalue weighted by Gasteiger charge is 2.06. The normalized spacial score (nSPS) is 9.89. The molecule has 2 nitrogen and oxygen atoms in total. The average molecular weight is 270 g/mol. The van der Waals surface area contributed by atoms with E-state index < -0.39 is 0 Å². The summed E-state index contributed by atoms with van der Waals surface area (Å²) in [6.07, 6.45) is 1.10. The number of aryl methyl sites for hydroxylation is 1. The lowest BCUT2D eigenvalue weighted by Crippen LogP contribution is -2.01. The van der Waals surface area contributed by atoms with E-state index in [1.165, 1.54) is 0 Å². The third-order valence-electron chi connectivity index (χ3n) is 2.87. The maximum atomic E-state index is 12.0. The van der Waals surface area contributed by atoms with Crippen molar-refractivity contribution in [2.75, 3.05) is 0 Å². The van der Waals surface area contributed by atoms with Gasteiger partial charge >= 0.3 is 0 Å². The summed E-state index contributed by atoms with van der Waals surface area (Å²) in [5.74, 6) is 0.0736. The maximum absolute atomic E-state index is 12.0. The number of hydrogen-bond donors (Lipinski definition) is 0. The molecule has 0 atom stereocenters. The molecule has 2 aromatic rings.